The molecule has 0 saturated heterocycles. The Morgan fingerprint density at radius 2 is 2.00 bits per heavy atom. The van der Waals surface area contributed by atoms with Crippen LogP contribution in [0.2, 0.25) is 0 Å². The summed E-state index contributed by atoms with van der Waals surface area (Å²) in [4.78, 5) is 24.3. The SMILES string of the molecule is CC(C)N1C(=O)c2ccoc2C1=O. The van der Waals surface area contributed by atoms with E-state index in [0.29, 0.717) is 5.56 Å². The van der Waals surface area contributed by atoms with Crippen molar-refractivity contribution in [2.24, 2.45) is 0 Å². The van der Waals surface area contributed by atoms with Crippen LogP contribution in [0.3, 0.4) is 0 Å². The zero-order valence-corrected chi connectivity index (χ0v) is 7.40. The molecule has 0 bridgehead atoms. The van der Waals surface area contributed by atoms with Gasteiger partial charge in [-0.2, -0.15) is 0 Å². The fourth-order valence-electron chi connectivity index (χ4n) is 1.44. The zero-order valence-electron chi connectivity index (χ0n) is 7.40. The molecule has 0 radical (unpaired) electrons. The molecule has 0 saturated carbocycles. The highest BCUT2D eigenvalue weighted by molar-refractivity contribution is 6.20. The maximum absolute atomic E-state index is 11.6. The standard InChI is InChI=1S/C9H9NO3/c1-5(2)10-8(11)6-3-4-13-7(6)9(10)12/h3-5H,1-2H3. The predicted molar refractivity (Wildman–Crippen MR) is 44.3 cm³/mol. The molecule has 0 aliphatic carbocycles. The molecule has 2 rings (SSSR count). The Kier molecular flexibility index (Phi) is 1.52. The quantitative estimate of drug-likeness (QED) is 0.610. The van der Waals surface area contributed by atoms with Crippen molar-refractivity contribution in [3.8, 4) is 0 Å². The van der Waals surface area contributed by atoms with Crippen LogP contribution in [0, 0.1) is 0 Å². The van der Waals surface area contributed by atoms with Gasteiger partial charge in [-0.1, -0.05) is 0 Å². The first-order chi connectivity index (χ1) is 6.13. The average molecular weight is 179 g/mol. The minimum absolute atomic E-state index is 0.123. The maximum Gasteiger partial charge on any atom is 0.297 e. The van der Waals surface area contributed by atoms with E-state index in [9.17, 15) is 9.59 Å². The molecule has 4 nitrogen and oxygen atoms in total. The summed E-state index contributed by atoms with van der Waals surface area (Å²) >= 11 is 0. The van der Waals surface area contributed by atoms with E-state index in [0.717, 1.165) is 0 Å². The molecule has 2 amide bonds. The van der Waals surface area contributed by atoms with Crippen molar-refractivity contribution in [3.63, 3.8) is 0 Å². The van der Waals surface area contributed by atoms with Crippen molar-refractivity contribution in [1.29, 1.82) is 0 Å². The van der Waals surface area contributed by atoms with Gasteiger partial charge in [0.15, 0.2) is 0 Å². The number of fused-ring (bicyclic) bond motifs is 1. The van der Waals surface area contributed by atoms with Gasteiger partial charge in [0.1, 0.15) is 0 Å². The van der Waals surface area contributed by atoms with Crippen LogP contribution in [-0.2, 0) is 0 Å². The lowest BCUT2D eigenvalue weighted by Crippen LogP contribution is -2.36. The Morgan fingerprint density at radius 3 is 2.54 bits per heavy atom. The zero-order chi connectivity index (χ0) is 9.59. The van der Waals surface area contributed by atoms with Crippen LogP contribution in [0.1, 0.15) is 34.8 Å². The Bertz CT molecular complexity index is 347. The van der Waals surface area contributed by atoms with Crippen LogP contribution in [-0.4, -0.2) is 22.8 Å². The van der Waals surface area contributed by atoms with Crippen molar-refractivity contribution in [2.45, 2.75) is 19.9 Å². The second-order valence-corrected chi connectivity index (χ2v) is 3.24. The first-order valence-electron chi connectivity index (χ1n) is 4.08. The van der Waals surface area contributed by atoms with Gasteiger partial charge in [0.2, 0.25) is 5.76 Å². The third-order valence-electron chi connectivity index (χ3n) is 2.04. The van der Waals surface area contributed by atoms with Crippen LogP contribution in [0.4, 0.5) is 0 Å². The number of hydrogen-bond acceptors (Lipinski definition) is 3. The van der Waals surface area contributed by atoms with Crippen molar-refractivity contribution in [2.75, 3.05) is 0 Å². The lowest BCUT2D eigenvalue weighted by atomic mass is 10.3. The monoisotopic (exact) mass is 179 g/mol. The molecule has 0 N–H and O–H groups in total. The highest BCUT2D eigenvalue weighted by Gasteiger charge is 2.39. The van der Waals surface area contributed by atoms with E-state index in [2.05, 4.69) is 0 Å². The van der Waals surface area contributed by atoms with Crippen molar-refractivity contribution < 1.29 is 14.0 Å². The summed E-state index contributed by atoms with van der Waals surface area (Å²) in [6, 6.07) is 1.40. The molecule has 0 unspecified atom stereocenters. The minimum Gasteiger partial charge on any atom is -0.458 e. The van der Waals surface area contributed by atoms with Crippen molar-refractivity contribution >= 4 is 11.8 Å². The Hall–Kier alpha value is -1.58. The first-order valence-corrected chi connectivity index (χ1v) is 4.08. The van der Waals surface area contributed by atoms with Crippen LogP contribution >= 0.6 is 0 Å². The lowest BCUT2D eigenvalue weighted by molar-refractivity contribution is 0.0595. The third-order valence-corrected chi connectivity index (χ3v) is 2.04. The molecular weight excluding hydrogens is 170 g/mol. The molecule has 68 valence electrons. The molecule has 1 aromatic rings. The molecule has 1 aliphatic rings. The molecular formula is C9H9NO3. The number of carbonyl (C=O) groups excluding carboxylic acids is 2. The Morgan fingerprint density at radius 1 is 1.31 bits per heavy atom. The normalized spacial score (nSPS) is 15.8. The first kappa shape index (κ1) is 8.04. The summed E-state index contributed by atoms with van der Waals surface area (Å²) in [5, 5.41) is 0. The summed E-state index contributed by atoms with van der Waals surface area (Å²) in [6.45, 7) is 3.59. The van der Waals surface area contributed by atoms with Crippen molar-refractivity contribution in [3.05, 3.63) is 23.7 Å². The molecule has 2 heterocycles. The smallest absolute Gasteiger partial charge is 0.297 e. The van der Waals surface area contributed by atoms with E-state index in [4.69, 9.17) is 4.42 Å². The van der Waals surface area contributed by atoms with E-state index in [1.165, 1.54) is 17.2 Å². The van der Waals surface area contributed by atoms with Crippen LogP contribution in [0.15, 0.2) is 16.7 Å². The number of amides is 2. The fraction of sp³-hybridized carbons (Fsp3) is 0.333. The number of carbonyl (C=O) groups is 2. The fourth-order valence-corrected chi connectivity index (χ4v) is 1.44. The van der Waals surface area contributed by atoms with Gasteiger partial charge in [-0.25, -0.2) is 0 Å². The van der Waals surface area contributed by atoms with E-state index >= 15 is 0 Å². The number of hydrogen-bond donors (Lipinski definition) is 0. The highest BCUT2D eigenvalue weighted by Crippen LogP contribution is 2.24. The lowest BCUT2D eigenvalue weighted by Gasteiger charge is -2.17. The summed E-state index contributed by atoms with van der Waals surface area (Å²) < 4.78 is 4.93. The van der Waals surface area contributed by atoms with E-state index < -0.39 is 0 Å². The van der Waals surface area contributed by atoms with Gasteiger partial charge < -0.3 is 4.42 Å². The van der Waals surface area contributed by atoms with E-state index in [-0.39, 0.29) is 23.6 Å². The minimum atomic E-state index is -0.333. The number of nitrogens with zero attached hydrogens (tertiary/aromatic N) is 1. The van der Waals surface area contributed by atoms with Crippen LogP contribution in [0.25, 0.3) is 0 Å². The van der Waals surface area contributed by atoms with E-state index in [1.54, 1.807) is 13.8 Å². The molecule has 1 aromatic heterocycles. The predicted octanol–water partition coefficient (Wildman–Crippen LogP) is 1.28. The molecule has 1 aliphatic heterocycles. The topological polar surface area (TPSA) is 50.5 Å². The van der Waals surface area contributed by atoms with Gasteiger partial charge in [-0.15, -0.1) is 0 Å². The molecule has 0 fully saturated rings. The maximum atomic E-state index is 11.6. The van der Waals surface area contributed by atoms with Gasteiger partial charge in [-0.05, 0) is 19.9 Å². The molecule has 13 heavy (non-hydrogen) atoms. The molecule has 0 aromatic carbocycles. The second kappa shape index (κ2) is 2.45. The summed E-state index contributed by atoms with van der Waals surface area (Å²) in [5.74, 6) is -0.428. The van der Waals surface area contributed by atoms with Gasteiger partial charge in [0.05, 0.1) is 11.8 Å². The highest BCUT2D eigenvalue weighted by atomic mass is 16.3. The van der Waals surface area contributed by atoms with Gasteiger partial charge >= 0.3 is 0 Å². The summed E-state index contributed by atoms with van der Waals surface area (Å²) in [7, 11) is 0. The number of rotatable bonds is 1. The van der Waals surface area contributed by atoms with E-state index in [1.807, 2.05) is 0 Å². The Labute approximate surface area is 75.1 Å². The number of furan rings is 1. The van der Waals surface area contributed by atoms with Crippen LogP contribution < -0.4 is 0 Å². The number of imide groups is 1. The molecule has 4 heteroatoms. The Balaban J connectivity index is 2.49. The molecule has 0 atom stereocenters. The largest absolute Gasteiger partial charge is 0.458 e. The van der Waals surface area contributed by atoms with Gasteiger partial charge in [0.25, 0.3) is 11.8 Å². The summed E-state index contributed by atoms with van der Waals surface area (Å²) in [6.07, 6.45) is 1.36. The van der Waals surface area contributed by atoms with Gasteiger partial charge in [-0.3, -0.25) is 14.5 Å². The second-order valence-electron chi connectivity index (χ2n) is 3.24. The molecule has 0 spiro atoms. The third kappa shape index (κ3) is 0.915. The van der Waals surface area contributed by atoms with Gasteiger partial charge in [0, 0.05) is 6.04 Å². The van der Waals surface area contributed by atoms with Crippen molar-refractivity contribution in [1.82, 2.24) is 4.90 Å². The van der Waals surface area contributed by atoms with Crippen LogP contribution in [0.5, 0.6) is 0 Å². The average Bonchev–Trinajstić information content (AvgIpc) is 2.56. The summed E-state index contributed by atoms with van der Waals surface area (Å²) in [5.41, 5.74) is 0.374.